The minimum Gasteiger partial charge on any atom is -0.444 e. The minimum absolute atomic E-state index is 0.197. The molecule has 1 fully saturated rings. The van der Waals surface area contributed by atoms with E-state index in [-0.39, 0.29) is 12.1 Å². The van der Waals surface area contributed by atoms with Crippen molar-refractivity contribution in [1.82, 2.24) is 10.2 Å². The molecule has 1 atom stereocenters. The molecule has 4 nitrogen and oxygen atoms in total. The van der Waals surface area contributed by atoms with Gasteiger partial charge in [-0.25, -0.2) is 4.79 Å². The van der Waals surface area contributed by atoms with Gasteiger partial charge in [-0.1, -0.05) is 34.1 Å². The predicted molar refractivity (Wildman–Crippen MR) is 91.8 cm³/mol. The Morgan fingerprint density at radius 3 is 2.82 bits per heavy atom. The second-order valence-corrected chi connectivity index (χ2v) is 7.55. The average molecular weight is 369 g/mol. The zero-order valence-corrected chi connectivity index (χ0v) is 15.1. The Morgan fingerprint density at radius 2 is 2.14 bits per heavy atom. The number of carbonyl (C=O) groups is 1. The van der Waals surface area contributed by atoms with Crippen molar-refractivity contribution in [3.8, 4) is 0 Å². The molecular formula is C17H25BrN2O2. The lowest BCUT2D eigenvalue weighted by molar-refractivity contribution is 0.0226. The van der Waals surface area contributed by atoms with Crippen LogP contribution in [-0.4, -0.2) is 35.7 Å². The molecule has 122 valence electrons. The fraction of sp³-hybridized carbons (Fsp3) is 0.588. The zero-order chi connectivity index (χ0) is 16.2. The molecule has 1 saturated heterocycles. The Morgan fingerprint density at radius 1 is 1.41 bits per heavy atom. The maximum absolute atomic E-state index is 12.2. The van der Waals surface area contributed by atoms with E-state index < -0.39 is 5.60 Å². The number of ether oxygens (including phenoxy) is 1. The van der Waals surface area contributed by atoms with Gasteiger partial charge in [0.2, 0.25) is 0 Å². The van der Waals surface area contributed by atoms with Crippen LogP contribution in [0.5, 0.6) is 0 Å². The number of likely N-dealkylation sites (tertiary alicyclic amines) is 1. The standard InChI is InChI=1S/C17H25BrN2O2/c1-17(2,3)22-16(21)20-10-6-8-14(20)12-19-11-13-7-4-5-9-15(13)18/h4-5,7,9,14,19H,6,8,10-12H2,1-3H3/t14-/m1/s1. The molecule has 0 unspecified atom stereocenters. The molecule has 1 N–H and O–H groups in total. The van der Waals surface area contributed by atoms with Gasteiger partial charge in [0.1, 0.15) is 5.60 Å². The molecule has 1 heterocycles. The van der Waals surface area contributed by atoms with Crippen LogP contribution in [0.25, 0.3) is 0 Å². The number of carbonyl (C=O) groups excluding carboxylic acids is 1. The van der Waals surface area contributed by atoms with Crippen molar-refractivity contribution >= 4 is 22.0 Å². The van der Waals surface area contributed by atoms with Gasteiger partial charge in [0, 0.05) is 30.1 Å². The Balaban J connectivity index is 1.84. The molecule has 2 rings (SSSR count). The second kappa shape index (κ2) is 7.47. The van der Waals surface area contributed by atoms with E-state index in [1.165, 1.54) is 5.56 Å². The van der Waals surface area contributed by atoms with Crippen molar-refractivity contribution in [3.05, 3.63) is 34.3 Å². The summed E-state index contributed by atoms with van der Waals surface area (Å²) in [4.78, 5) is 14.1. The lowest BCUT2D eigenvalue weighted by Gasteiger charge is -2.28. The van der Waals surface area contributed by atoms with E-state index in [1.807, 2.05) is 43.9 Å². The van der Waals surface area contributed by atoms with Crippen LogP contribution in [0.1, 0.15) is 39.2 Å². The van der Waals surface area contributed by atoms with Crippen molar-refractivity contribution in [1.29, 1.82) is 0 Å². The number of nitrogens with zero attached hydrogens (tertiary/aromatic N) is 1. The molecule has 0 radical (unpaired) electrons. The summed E-state index contributed by atoms with van der Waals surface area (Å²) in [5, 5.41) is 3.45. The Bertz CT molecular complexity index is 514. The molecule has 1 aliphatic rings. The highest BCUT2D eigenvalue weighted by molar-refractivity contribution is 9.10. The number of halogens is 1. The van der Waals surface area contributed by atoms with E-state index in [9.17, 15) is 4.79 Å². The smallest absolute Gasteiger partial charge is 0.410 e. The average Bonchev–Trinajstić information content (AvgIpc) is 2.87. The number of rotatable bonds is 4. The van der Waals surface area contributed by atoms with Crippen molar-refractivity contribution in [2.24, 2.45) is 0 Å². The Hall–Kier alpha value is -1.07. The van der Waals surface area contributed by atoms with Crippen LogP contribution in [0.3, 0.4) is 0 Å². The topological polar surface area (TPSA) is 41.6 Å². The van der Waals surface area contributed by atoms with Crippen molar-refractivity contribution in [2.45, 2.75) is 51.8 Å². The lowest BCUT2D eigenvalue weighted by atomic mass is 10.2. The molecule has 5 heteroatoms. The summed E-state index contributed by atoms with van der Waals surface area (Å²) in [7, 11) is 0. The third-order valence-electron chi connectivity index (χ3n) is 3.66. The summed E-state index contributed by atoms with van der Waals surface area (Å²) in [6, 6.07) is 8.40. The van der Waals surface area contributed by atoms with E-state index in [4.69, 9.17) is 4.74 Å². The normalized spacial score (nSPS) is 18.5. The molecule has 22 heavy (non-hydrogen) atoms. The van der Waals surface area contributed by atoms with Crippen LogP contribution in [0.4, 0.5) is 4.79 Å². The SMILES string of the molecule is CC(C)(C)OC(=O)N1CCC[C@@H]1CNCc1ccccc1Br. The molecule has 0 aromatic heterocycles. The van der Waals surface area contributed by atoms with Crippen LogP contribution in [0, 0.1) is 0 Å². The molecule has 0 bridgehead atoms. The predicted octanol–water partition coefficient (Wildman–Crippen LogP) is 3.94. The van der Waals surface area contributed by atoms with Gasteiger partial charge in [0.25, 0.3) is 0 Å². The first kappa shape index (κ1) is 17.3. The van der Waals surface area contributed by atoms with Crippen LogP contribution >= 0.6 is 15.9 Å². The van der Waals surface area contributed by atoms with Crippen LogP contribution in [0.15, 0.2) is 28.7 Å². The number of hydrogen-bond donors (Lipinski definition) is 1. The summed E-state index contributed by atoms with van der Waals surface area (Å²) in [6.07, 6.45) is 1.88. The van der Waals surface area contributed by atoms with Crippen molar-refractivity contribution < 1.29 is 9.53 Å². The third kappa shape index (κ3) is 4.99. The molecular weight excluding hydrogens is 344 g/mol. The molecule has 0 aliphatic carbocycles. The van der Waals surface area contributed by atoms with Gasteiger partial charge in [0.15, 0.2) is 0 Å². The maximum atomic E-state index is 12.2. The summed E-state index contributed by atoms with van der Waals surface area (Å²) >= 11 is 3.55. The van der Waals surface area contributed by atoms with Crippen LogP contribution < -0.4 is 5.32 Å². The number of amides is 1. The van der Waals surface area contributed by atoms with E-state index in [0.29, 0.717) is 0 Å². The number of nitrogens with one attached hydrogen (secondary N) is 1. The first-order chi connectivity index (χ1) is 10.4. The van der Waals surface area contributed by atoms with Crippen molar-refractivity contribution in [2.75, 3.05) is 13.1 Å². The quantitative estimate of drug-likeness (QED) is 0.874. The van der Waals surface area contributed by atoms with Gasteiger partial charge in [-0.05, 0) is 45.2 Å². The van der Waals surface area contributed by atoms with E-state index >= 15 is 0 Å². The summed E-state index contributed by atoms with van der Waals surface area (Å²) < 4.78 is 6.60. The highest BCUT2D eigenvalue weighted by atomic mass is 79.9. The first-order valence-corrected chi connectivity index (χ1v) is 8.60. The molecule has 0 saturated carbocycles. The molecule has 1 amide bonds. The highest BCUT2D eigenvalue weighted by Crippen LogP contribution is 2.21. The fourth-order valence-electron chi connectivity index (χ4n) is 2.62. The van der Waals surface area contributed by atoms with Crippen LogP contribution in [0.2, 0.25) is 0 Å². The molecule has 1 aromatic carbocycles. The number of benzene rings is 1. The largest absolute Gasteiger partial charge is 0.444 e. The number of hydrogen-bond acceptors (Lipinski definition) is 3. The monoisotopic (exact) mass is 368 g/mol. The summed E-state index contributed by atoms with van der Waals surface area (Å²) in [5.41, 5.74) is 0.788. The molecule has 1 aliphatic heterocycles. The van der Waals surface area contributed by atoms with Gasteiger partial charge in [-0.3, -0.25) is 0 Å². The highest BCUT2D eigenvalue weighted by Gasteiger charge is 2.31. The Labute approximate surface area is 141 Å². The van der Waals surface area contributed by atoms with E-state index in [2.05, 4.69) is 27.3 Å². The minimum atomic E-state index is -0.438. The van der Waals surface area contributed by atoms with Gasteiger partial charge in [-0.2, -0.15) is 0 Å². The van der Waals surface area contributed by atoms with Crippen LogP contribution in [-0.2, 0) is 11.3 Å². The van der Waals surface area contributed by atoms with Gasteiger partial charge in [0.05, 0.1) is 0 Å². The van der Waals surface area contributed by atoms with Crippen molar-refractivity contribution in [3.63, 3.8) is 0 Å². The van der Waals surface area contributed by atoms with E-state index in [0.717, 1.165) is 36.9 Å². The van der Waals surface area contributed by atoms with Gasteiger partial charge >= 0.3 is 6.09 Å². The van der Waals surface area contributed by atoms with Gasteiger partial charge in [-0.15, -0.1) is 0 Å². The molecule has 1 aromatic rings. The first-order valence-electron chi connectivity index (χ1n) is 7.80. The maximum Gasteiger partial charge on any atom is 0.410 e. The van der Waals surface area contributed by atoms with E-state index in [1.54, 1.807) is 0 Å². The molecule has 0 spiro atoms. The fourth-order valence-corrected chi connectivity index (χ4v) is 3.05. The lowest BCUT2D eigenvalue weighted by Crippen LogP contribution is -2.44. The summed E-state index contributed by atoms with van der Waals surface area (Å²) in [5.74, 6) is 0. The third-order valence-corrected chi connectivity index (χ3v) is 4.43. The second-order valence-electron chi connectivity index (χ2n) is 6.69. The summed E-state index contributed by atoms with van der Waals surface area (Å²) in [6.45, 7) is 8.08. The Kier molecular flexibility index (Phi) is 5.87. The zero-order valence-electron chi connectivity index (χ0n) is 13.6. The van der Waals surface area contributed by atoms with Gasteiger partial charge < -0.3 is 15.0 Å².